The van der Waals surface area contributed by atoms with Crippen molar-refractivity contribution < 1.29 is 18.4 Å². The van der Waals surface area contributed by atoms with Crippen LogP contribution in [0.5, 0.6) is 0 Å². The van der Waals surface area contributed by atoms with Crippen molar-refractivity contribution in [2.45, 2.75) is 32.2 Å². The van der Waals surface area contributed by atoms with Crippen LogP contribution in [0.15, 0.2) is 18.2 Å². The number of urea groups is 1. The predicted octanol–water partition coefficient (Wildman–Crippen LogP) is 2.32. The number of piperidine rings is 1. The fourth-order valence-corrected chi connectivity index (χ4v) is 2.86. The molecule has 0 saturated carbocycles. The van der Waals surface area contributed by atoms with Gasteiger partial charge < -0.3 is 16.0 Å². The van der Waals surface area contributed by atoms with Crippen LogP contribution in [-0.2, 0) is 4.79 Å². The van der Waals surface area contributed by atoms with Gasteiger partial charge in [-0.25, -0.2) is 13.6 Å². The Balaban J connectivity index is 2.07. The quantitative estimate of drug-likeness (QED) is 0.891. The molecular formula is C16H21F2N3O2. The summed E-state index contributed by atoms with van der Waals surface area (Å²) in [6.07, 6.45) is 1.75. The zero-order valence-corrected chi connectivity index (χ0v) is 13.0. The first-order valence-electron chi connectivity index (χ1n) is 7.72. The maximum absolute atomic E-state index is 13.9. The summed E-state index contributed by atoms with van der Waals surface area (Å²) < 4.78 is 27.2. The predicted molar refractivity (Wildman–Crippen MR) is 81.4 cm³/mol. The lowest BCUT2D eigenvalue weighted by Gasteiger charge is -2.31. The van der Waals surface area contributed by atoms with E-state index >= 15 is 0 Å². The first kappa shape index (κ1) is 17.2. The minimum atomic E-state index is -0.609. The maximum atomic E-state index is 13.9. The minimum Gasteiger partial charge on any atom is -0.351 e. The molecular weight excluding hydrogens is 304 g/mol. The highest BCUT2D eigenvalue weighted by Crippen LogP contribution is 2.23. The summed E-state index contributed by atoms with van der Waals surface area (Å²) in [6, 6.07) is 2.03. The molecule has 0 unspecified atom stereocenters. The molecule has 1 heterocycles. The first-order chi connectivity index (χ1) is 10.9. The summed E-state index contributed by atoms with van der Waals surface area (Å²) in [7, 11) is 0. The molecule has 1 fully saturated rings. The number of carbonyl (C=O) groups excluding carboxylic acids is 2. The Morgan fingerprint density at radius 2 is 2.17 bits per heavy atom. The van der Waals surface area contributed by atoms with E-state index < -0.39 is 23.7 Å². The van der Waals surface area contributed by atoms with Crippen LogP contribution >= 0.6 is 0 Å². The van der Waals surface area contributed by atoms with E-state index in [4.69, 9.17) is 5.73 Å². The number of primary amides is 1. The molecule has 0 spiro atoms. The molecule has 3 N–H and O–H groups in total. The molecule has 1 aromatic carbocycles. The summed E-state index contributed by atoms with van der Waals surface area (Å²) in [5, 5.41) is 2.76. The Labute approximate surface area is 133 Å². The molecule has 2 rings (SSSR count). The highest BCUT2D eigenvalue weighted by atomic mass is 19.1. The second-order valence-corrected chi connectivity index (χ2v) is 5.76. The molecule has 1 aliphatic rings. The summed E-state index contributed by atoms with van der Waals surface area (Å²) in [5.41, 5.74) is 5.38. The average Bonchev–Trinajstić information content (AvgIpc) is 2.55. The number of nitrogens with two attached hydrogens (primary N) is 1. The van der Waals surface area contributed by atoms with Gasteiger partial charge in [-0.2, -0.15) is 0 Å². The molecule has 0 bridgehead atoms. The number of rotatable bonds is 4. The van der Waals surface area contributed by atoms with Gasteiger partial charge >= 0.3 is 6.03 Å². The Morgan fingerprint density at radius 1 is 1.43 bits per heavy atom. The van der Waals surface area contributed by atoms with Crippen molar-refractivity contribution in [1.82, 2.24) is 10.2 Å². The standard InChI is InChI=1S/C16H21F2N3O2/c1-2-14(12-8-11(17)5-6-13(12)18)20-15(22)10-4-3-7-21(9-10)16(19)23/h5-6,8,10,14H,2-4,7,9H2,1H3,(H2,19,23)(H,20,22)/t10-,14+/m0/s1. The second-order valence-electron chi connectivity index (χ2n) is 5.76. The number of carbonyl (C=O) groups is 2. The minimum absolute atomic E-state index is 0.128. The Kier molecular flexibility index (Phi) is 5.52. The molecule has 0 radical (unpaired) electrons. The second kappa shape index (κ2) is 7.39. The molecule has 0 aliphatic carbocycles. The third-order valence-electron chi connectivity index (χ3n) is 4.16. The van der Waals surface area contributed by atoms with Crippen LogP contribution in [0.1, 0.15) is 37.8 Å². The van der Waals surface area contributed by atoms with Gasteiger partial charge in [0.25, 0.3) is 0 Å². The maximum Gasteiger partial charge on any atom is 0.314 e. The zero-order chi connectivity index (χ0) is 17.0. The van der Waals surface area contributed by atoms with Crippen molar-refractivity contribution in [2.75, 3.05) is 13.1 Å². The van der Waals surface area contributed by atoms with E-state index in [1.807, 2.05) is 0 Å². The van der Waals surface area contributed by atoms with Crippen molar-refractivity contribution in [3.05, 3.63) is 35.4 Å². The van der Waals surface area contributed by atoms with Gasteiger partial charge in [-0.3, -0.25) is 4.79 Å². The van der Waals surface area contributed by atoms with Gasteiger partial charge in [-0.05, 0) is 37.5 Å². The molecule has 1 aliphatic heterocycles. The molecule has 23 heavy (non-hydrogen) atoms. The molecule has 1 saturated heterocycles. The summed E-state index contributed by atoms with van der Waals surface area (Å²) in [6.45, 7) is 2.57. The van der Waals surface area contributed by atoms with Gasteiger partial charge in [0.05, 0.1) is 12.0 Å². The van der Waals surface area contributed by atoms with E-state index in [2.05, 4.69) is 5.32 Å². The number of nitrogens with zero attached hydrogens (tertiary/aromatic N) is 1. The smallest absolute Gasteiger partial charge is 0.314 e. The van der Waals surface area contributed by atoms with Crippen LogP contribution in [0, 0.1) is 17.6 Å². The molecule has 0 aromatic heterocycles. The topological polar surface area (TPSA) is 75.4 Å². The number of halogens is 2. The summed E-state index contributed by atoms with van der Waals surface area (Å²) in [4.78, 5) is 25.1. The van der Waals surface area contributed by atoms with E-state index in [0.717, 1.165) is 18.2 Å². The molecule has 7 heteroatoms. The van der Waals surface area contributed by atoms with Crippen LogP contribution in [0.2, 0.25) is 0 Å². The highest BCUT2D eigenvalue weighted by molar-refractivity contribution is 5.80. The van der Waals surface area contributed by atoms with Crippen LogP contribution < -0.4 is 11.1 Å². The Morgan fingerprint density at radius 3 is 2.83 bits per heavy atom. The highest BCUT2D eigenvalue weighted by Gasteiger charge is 2.29. The van der Waals surface area contributed by atoms with Crippen LogP contribution in [0.4, 0.5) is 13.6 Å². The van der Waals surface area contributed by atoms with Gasteiger partial charge in [0.15, 0.2) is 0 Å². The largest absolute Gasteiger partial charge is 0.351 e. The number of nitrogens with one attached hydrogen (secondary N) is 1. The Bertz CT molecular complexity index is 595. The third kappa shape index (κ3) is 4.18. The lowest BCUT2D eigenvalue weighted by molar-refractivity contribution is -0.127. The van der Waals surface area contributed by atoms with E-state index in [0.29, 0.717) is 25.8 Å². The number of hydrogen-bond donors (Lipinski definition) is 2. The Hall–Kier alpha value is -2.18. The molecule has 126 valence electrons. The van der Waals surface area contributed by atoms with Gasteiger partial charge in [-0.1, -0.05) is 6.92 Å². The van der Waals surface area contributed by atoms with Crippen molar-refractivity contribution in [3.63, 3.8) is 0 Å². The van der Waals surface area contributed by atoms with Crippen LogP contribution in [0.25, 0.3) is 0 Å². The lowest BCUT2D eigenvalue weighted by Crippen LogP contribution is -2.47. The SMILES string of the molecule is CC[C@@H](NC(=O)[C@H]1CCCN(C(N)=O)C1)c1cc(F)ccc1F. The third-order valence-corrected chi connectivity index (χ3v) is 4.16. The molecule has 3 amide bonds. The van der Waals surface area contributed by atoms with E-state index in [1.165, 1.54) is 4.90 Å². The van der Waals surface area contributed by atoms with Gasteiger partial charge in [0.2, 0.25) is 5.91 Å². The summed E-state index contributed by atoms with van der Waals surface area (Å²) in [5.74, 6) is -1.76. The van der Waals surface area contributed by atoms with E-state index in [-0.39, 0.29) is 23.9 Å². The normalized spacial score (nSPS) is 19.3. The fraction of sp³-hybridized carbons (Fsp3) is 0.500. The van der Waals surface area contributed by atoms with E-state index in [1.54, 1.807) is 6.92 Å². The molecule has 1 aromatic rings. The molecule has 2 atom stereocenters. The van der Waals surface area contributed by atoms with Crippen molar-refractivity contribution in [1.29, 1.82) is 0 Å². The number of amides is 3. The summed E-state index contributed by atoms with van der Waals surface area (Å²) >= 11 is 0. The number of benzene rings is 1. The lowest BCUT2D eigenvalue weighted by atomic mass is 9.96. The fourth-order valence-electron chi connectivity index (χ4n) is 2.86. The molecule has 5 nitrogen and oxygen atoms in total. The monoisotopic (exact) mass is 325 g/mol. The van der Waals surface area contributed by atoms with E-state index in [9.17, 15) is 18.4 Å². The van der Waals surface area contributed by atoms with Gasteiger partial charge in [-0.15, -0.1) is 0 Å². The van der Waals surface area contributed by atoms with Crippen molar-refractivity contribution >= 4 is 11.9 Å². The average molecular weight is 325 g/mol. The number of likely N-dealkylation sites (tertiary alicyclic amines) is 1. The number of hydrogen-bond acceptors (Lipinski definition) is 2. The van der Waals surface area contributed by atoms with Crippen molar-refractivity contribution in [2.24, 2.45) is 11.7 Å². The van der Waals surface area contributed by atoms with Gasteiger partial charge in [0, 0.05) is 18.7 Å². The van der Waals surface area contributed by atoms with Gasteiger partial charge in [0.1, 0.15) is 11.6 Å². The van der Waals surface area contributed by atoms with Crippen LogP contribution in [-0.4, -0.2) is 29.9 Å². The van der Waals surface area contributed by atoms with Crippen molar-refractivity contribution in [3.8, 4) is 0 Å². The first-order valence-corrected chi connectivity index (χ1v) is 7.72. The van der Waals surface area contributed by atoms with Crippen LogP contribution in [0.3, 0.4) is 0 Å². The zero-order valence-electron chi connectivity index (χ0n) is 13.0.